The monoisotopic (exact) mass is 360 g/mol. The number of hydrogen-bond acceptors (Lipinski definition) is 3. The maximum absolute atomic E-state index is 13.2. The lowest BCUT2D eigenvalue weighted by atomic mass is 10.3. The van der Waals surface area contributed by atoms with E-state index in [1.807, 2.05) is 0 Å². The van der Waals surface area contributed by atoms with Crippen LogP contribution in [0.3, 0.4) is 0 Å². The van der Waals surface area contributed by atoms with E-state index in [2.05, 4.69) is 20.7 Å². The molecule has 0 amide bonds. The van der Waals surface area contributed by atoms with Gasteiger partial charge < -0.3 is 5.73 Å². The van der Waals surface area contributed by atoms with Crippen LogP contribution in [0.4, 0.5) is 4.39 Å². The van der Waals surface area contributed by atoms with E-state index in [1.54, 1.807) is 6.92 Å². The molecule has 0 saturated heterocycles. The van der Waals surface area contributed by atoms with Crippen LogP contribution in [0, 0.1) is 5.82 Å². The summed E-state index contributed by atoms with van der Waals surface area (Å²) in [4.78, 5) is -0.0946. The minimum Gasteiger partial charge on any atom is -0.328 e. The van der Waals surface area contributed by atoms with Crippen LogP contribution in [0.5, 0.6) is 0 Å². The molecule has 0 spiro atoms. The first-order valence-corrected chi connectivity index (χ1v) is 7.31. The summed E-state index contributed by atoms with van der Waals surface area (Å²) in [5.41, 5.74) is 5.50. The summed E-state index contributed by atoms with van der Waals surface area (Å²) in [5.74, 6) is -0.611. The lowest BCUT2D eigenvalue weighted by Crippen LogP contribution is -2.29. The van der Waals surface area contributed by atoms with Crippen molar-refractivity contribution in [3.05, 3.63) is 28.5 Å². The SMILES string of the molecule is CC(N)CCNS(=O)(=O)c1ccc(Br)c(F)c1.Cl. The maximum Gasteiger partial charge on any atom is 0.240 e. The molecule has 8 heteroatoms. The fraction of sp³-hybridized carbons (Fsp3) is 0.400. The van der Waals surface area contributed by atoms with Crippen molar-refractivity contribution in [1.82, 2.24) is 4.72 Å². The molecule has 1 unspecified atom stereocenters. The van der Waals surface area contributed by atoms with Crippen LogP contribution in [0.2, 0.25) is 0 Å². The van der Waals surface area contributed by atoms with Gasteiger partial charge in [0.2, 0.25) is 10.0 Å². The topological polar surface area (TPSA) is 72.2 Å². The minimum absolute atomic E-state index is 0. The first kappa shape index (κ1) is 17.8. The van der Waals surface area contributed by atoms with Crippen LogP contribution in [0.1, 0.15) is 13.3 Å². The Hall–Kier alpha value is -0.210. The van der Waals surface area contributed by atoms with Crippen LogP contribution < -0.4 is 10.5 Å². The van der Waals surface area contributed by atoms with Crippen LogP contribution >= 0.6 is 28.3 Å². The zero-order valence-corrected chi connectivity index (χ0v) is 12.9. The van der Waals surface area contributed by atoms with Gasteiger partial charge >= 0.3 is 0 Å². The molecule has 104 valence electrons. The Bertz CT molecular complexity index is 497. The molecular weight excluding hydrogens is 347 g/mol. The van der Waals surface area contributed by atoms with E-state index in [-0.39, 0.29) is 34.4 Å². The molecule has 4 nitrogen and oxygen atoms in total. The number of hydrogen-bond donors (Lipinski definition) is 2. The van der Waals surface area contributed by atoms with Crippen molar-refractivity contribution in [2.24, 2.45) is 5.73 Å². The Labute approximate surface area is 121 Å². The Morgan fingerprint density at radius 2 is 2.11 bits per heavy atom. The zero-order chi connectivity index (χ0) is 13.1. The lowest BCUT2D eigenvalue weighted by Gasteiger charge is -2.08. The smallest absolute Gasteiger partial charge is 0.240 e. The van der Waals surface area contributed by atoms with Gasteiger partial charge in [-0.15, -0.1) is 12.4 Å². The van der Waals surface area contributed by atoms with E-state index in [0.717, 1.165) is 6.07 Å². The summed E-state index contributed by atoms with van der Waals surface area (Å²) in [5, 5.41) is 0. The molecule has 0 saturated carbocycles. The third kappa shape index (κ3) is 5.19. The average molecular weight is 362 g/mol. The van der Waals surface area contributed by atoms with Crippen molar-refractivity contribution >= 4 is 38.4 Å². The van der Waals surface area contributed by atoms with Gasteiger partial charge in [-0.1, -0.05) is 0 Å². The molecule has 1 rings (SSSR count). The van der Waals surface area contributed by atoms with Gasteiger partial charge in [0.1, 0.15) is 5.82 Å². The van der Waals surface area contributed by atoms with Crippen molar-refractivity contribution in [3.63, 3.8) is 0 Å². The highest BCUT2D eigenvalue weighted by Crippen LogP contribution is 2.19. The highest BCUT2D eigenvalue weighted by molar-refractivity contribution is 9.10. The van der Waals surface area contributed by atoms with E-state index < -0.39 is 15.8 Å². The van der Waals surface area contributed by atoms with Gasteiger partial charge in [-0.2, -0.15) is 0 Å². The summed E-state index contributed by atoms with van der Waals surface area (Å²) in [6, 6.07) is 3.58. The first-order chi connectivity index (χ1) is 7.83. The fourth-order valence-electron chi connectivity index (χ4n) is 1.15. The van der Waals surface area contributed by atoms with Gasteiger partial charge in [-0.05, 0) is 47.5 Å². The van der Waals surface area contributed by atoms with Gasteiger partial charge in [0.15, 0.2) is 0 Å². The second-order valence-corrected chi connectivity index (χ2v) is 6.36. The molecule has 0 bridgehead atoms. The molecule has 0 aliphatic heterocycles. The minimum atomic E-state index is -3.66. The summed E-state index contributed by atoms with van der Waals surface area (Å²) < 4.78 is 39.3. The predicted octanol–water partition coefficient (Wildman–Crippen LogP) is 2.03. The number of rotatable bonds is 5. The second kappa shape index (κ2) is 7.40. The molecule has 3 N–H and O–H groups in total. The van der Waals surface area contributed by atoms with Crippen molar-refractivity contribution < 1.29 is 12.8 Å². The predicted molar refractivity (Wildman–Crippen MR) is 74.8 cm³/mol. The Balaban J connectivity index is 0.00000289. The summed E-state index contributed by atoms with van der Waals surface area (Å²) >= 11 is 2.96. The number of halogens is 3. The normalized spacial score (nSPS) is 12.9. The highest BCUT2D eigenvalue weighted by Gasteiger charge is 2.15. The molecular formula is C10H15BrClFN2O2S. The van der Waals surface area contributed by atoms with E-state index in [4.69, 9.17) is 5.73 Å². The average Bonchev–Trinajstić information content (AvgIpc) is 2.21. The van der Waals surface area contributed by atoms with E-state index in [9.17, 15) is 12.8 Å². The fourth-order valence-corrected chi connectivity index (χ4v) is 2.45. The van der Waals surface area contributed by atoms with Crippen molar-refractivity contribution in [3.8, 4) is 0 Å². The number of benzene rings is 1. The number of nitrogens with two attached hydrogens (primary N) is 1. The Morgan fingerprint density at radius 3 is 2.61 bits per heavy atom. The third-order valence-corrected chi connectivity index (χ3v) is 4.19. The van der Waals surface area contributed by atoms with Crippen LogP contribution in [-0.4, -0.2) is 21.0 Å². The van der Waals surface area contributed by atoms with Crippen LogP contribution in [0.15, 0.2) is 27.6 Å². The van der Waals surface area contributed by atoms with Crippen LogP contribution in [-0.2, 0) is 10.0 Å². The van der Waals surface area contributed by atoms with Crippen LogP contribution in [0.25, 0.3) is 0 Å². The zero-order valence-electron chi connectivity index (χ0n) is 9.69. The van der Waals surface area contributed by atoms with Crippen molar-refractivity contribution in [2.75, 3.05) is 6.54 Å². The van der Waals surface area contributed by atoms with E-state index >= 15 is 0 Å². The third-order valence-electron chi connectivity index (χ3n) is 2.09. The van der Waals surface area contributed by atoms with Gasteiger partial charge in [0.05, 0.1) is 9.37 Å². The van der Waals surface area contributed by atoms with E-state index in [1.165, 1.54) is 12.1 Å². The molecule has 0 radical (unpaired) electrons. The molecule has 18 heavy (non-hydrogen) atoms. The largest absolute Gasteiger partial charge is 0.328 e. The number of sulfonamides is 1. The summed E-state index contributed by atoms with van der Waals surface area (Å²) in [6.45, 7) is 2.02. The summed E-state index contributed by atoms with van der Waals surface area (Å²) in [7, 11) is -3.66. The molecule has 1 aromatic carbocycles. The van der Waals surface area contributed by atoms with Crippen molar-refractivity contribution in [2.45, 2.75) is 24.3 Å². The quantitative estimate of drug-likeness (QED) is 0.843. The standard InChI is InChI=1S/C10H14BrFN2O2S.ClH/c1-7(13)4-5-14-17(15,16)8-2-3-9(11)10(12)6-8;/h2-3,6-7,14H,4-5,13H2,1H3;1H. The van der Waals surface area contributed by atoms with Gasteiger partial charge in [-0.3, -0.25) is 0 Å². The molecule has 0 aliphatic carbocycles. The van der Waals surface area contributed by atoms with E-state index in [0.29, 0.717) is 6.42 Å². The van der Waals surface area contributed by atoms with Gasteiger partial charge in [0.25, 0.3) is 0 Å². The Kier molecular flexibility index (Phi) is 7.31. The molecule has 0 heterocycles. The molecule has 1 atom stereocenters. The summed E-state index contributed by atoms with van der Waals surface area (Å²) in [6.07, 6.45) is 0.526. The maximum atomic E-state index is 13.2. The van der Waals surface area contributed by atoms with Gasteiger partial charge in [-0.25, -0.2) is 17.5 Å². The first-order valence-electron chi connectivity index (χ1n) is 5.03. The Morgan fingerprint density at radius 1 is 1.50 bits per heavy atom. The lowest BCUT2D eigenvalue weighted by molar-refractivity contribution is 0.568. The molecule has 0 fully saturated rings. The second-order valence-electron chi connectivity index (χ2n) is 3.74. The number of nitrogens with one attached hydrogen (secondary N) is 1. The van der Waals surface area contributed by atoms with Crippen molar-refractivity contribution in [1.29, 1.82) is 0 Å². The van der Waals surface area contributed by atoms with Gasteiger partial charge in [0, 0.05) is 12.6 Å². The molecule has 1 aromatic rings. The molecule has 0 aliphatic rings. The highest BCUT2D eigenvalue weighted by atomic mass is 79.9. The molecule has 0 aromatic heterocycles.